The van der Waals surface area contributed by atoms with Crippen molar-refractivity contribution in [1.29, 1.82) is 0 Å². The van der Waals surface area contributed by atoms with Crippen molar-refractivity contribution in [2.45, 2.75) is 13.8 Å². The van der Waals surface area contributed by atoms with E-state index in [1.807, 2.05) is 0 Å². The minimum atomic E-state index is -0.160. The molecular weight excluding hydrogens is 168 g/mol. The molecule has 1 aliphatic carbocycles. The highest BCUT2D eigenvalue weighted by atomic mass is 16.4. The molecule has 0 radical (unpaired) electrons. The summed E-state index contributed by atoms with van der Waals surface area (Å²) in [4.78, 5) is 22.4. The van der Waals surface area contributed by atoms with Gasteiger partial charge in [0.25, 0.3) is 12.9 Å². The van der Waals surface area contributed by atoms with E-state index in [4.69, 9.17) is 4.42 Å². The third-order valence-corrected chi connectivity index (χ3v) is 1.87. The molecule has 0 N–H and O–H groups in total. The van der Waals surface area contributed by atoms with Crippen molar-refractivity contribution < 1.29 is 14.0 Å². The standard InChI is InChI=1S/C10H11O3/c1-6-4-8(7(2)11)5-9(13-3)10(6)12/h4-5H,1-3H3/q+1. The smallest absolute Gasteiger partial charge is 0.295 e. The van der Waals surface area contributed by atoms with Gasteiger partial charge in [0.15, 0.2) is 5.78 Å². The first-order chi connectivity index (χ1) is 6.06. The highest BCUT2D eigenvalue weighted by molar-refractivity contribution is 6.49. The van der Waals surface area contributed by atoms with Crippen LogP contribution in [0, 0.1) is 0 Å². The molecule has 0 spiro atoms. The summed E-state index contributed by atoms with van der Waals surface area (Å²) < 4.78 is 4.85. The molecule has 3 nitrogen and oxygen atoms in total. The normalized spacial score (nSPS) is 19.9. The maximum Gasteiger partial charge on any atom is 0.390 e. The van der Waals surface area contributed by atoms with Crippen molar-refractivity contribution in [1.82, 2.24) is 0 Å². The first-order valence-electron chi connectivity index (χ1n) is 3.93. The predicted molar refractivity (Wildman–Crippen MR) is 48.5 cm³/mol. The molecule has 0 bridgehead atoms. The summed E-state index contributed by atoms with van der Waals surface area (Å²) in [6.45, 7) is 3.12. The van der Waals surface area contributed by atoms with Crippen molar-refractivity contribution in [3.8, 4) is 0 Å². The van der Waals surface area contributed by atoms with Crippen LogP contribution in [0.1, 0.15) is 13.8 Å². The van der Waals surface area contributed by atoms with E-state index in [1.54, 1.807) is 13.0 Å². The molecule has 0 amide bonds. The van der Waals surface area contributed by atoms with Crippen LogP contribution in [0.15, 0.2) is 23.3 Å². The maximum absolute atomic E-state index is 11.3. The molecule has 0 aromatic heterocycles. The van der Waals surface area contributed by atoms with Crippen LogP contribution >= 0.6 is 0 Å². The van der Waals surface area contributed by atoms with E-state index in [1.165, 1.54) is 20.1 Å². The van der Waals surface area contributed by atoms with Crippen molar-refractivity contribution in [3.05, 3.63) is 23.3 Å². The Bertz CT molecular complexity index is 356. The van der Waals surface area contributed by atoms with Gasteiger partial charge in [-0.3, -0.25) is 14.0 Å². The first kappa shape index (κ1) is 9.58. The minimum absolute atomic E-state index is 0.0681. The lowest BCUT2D eigenvalue weighted by Gasteiger charge is -2.02. The Morgan fingerprint density at radius 2 is 2.00 bits per heavy atom. The van der Waals surface area contributed by atoms with Crippen LogP contribution in [0.4, 0.5) is 0 Å². The van der Waals surface area contributed by atoms with Gasteiger partial charge in [-0.05, 0) is 19.9 Å². The fourth-order valence-corrected chi connectivity index (χ4v) is 1.10. The Morgan fingerprint density at radius 1 is 1.38 bits per heavy atom. The number of carbonyl (C=O) groups is 2. The Labute approximate surface area is 76.4 Å². The zero-order valence-electron chi connectivity index (χ0n) is 7.88. The van der Waals surface area contributed by atoms with E-state index in [2.05, 4.69) is 0 Å². The van der Waals surface area contributed by atoms with Crippen molar-refractivity contribution in [2.75, 3.05) is 7.11 Å². The second kappa shape index (κ2) is 3.47. The van der Waals surface area contributed by atoms with Gasteiger partial charge in [-0.2, -0.15) is 0 Å². The molecule has 0 saturated carbocycles. The molecule has 0 atom stereocenters. The zero-order valence-corrected chi connectivity index (χ0v) is 7.88. The van der Waals surface area contributed by atoms with E-state index >= 15 is 0 Å². The molecule has 13 heavy (non-hydrogen) atoms. The van der Waals surface area contributed by atoms with Gasteiger partial charge >= 0.3 is 5.78 Å². The molecule has 3 heteroatoms. The lowest BCUT2D eigenvalue weighted by molar-refractivity contribution is -0.417. The highest BCUT2D eigenvalue weighted by Crippen LogP contribution is 2.12. The van der Waals surface area contributed by atoms with Gasteiger partial charge in [-0.15, -0.1) is 0 Å². The molecule has 1 aliphatic rings. The van der Waals surface area contributed by atoms with Crippen LogP contribution in [-0.2, 0) is 14.0 Å². The zero-order chi connectivity index (χ0) is 10.0. The molecule has 68 valence electrons. The first-order valence-corrected chi connectivity index (χ1v) is 3.93. The molecule has 0 saturated heterocycles. The van der Waals surface area contributed by atoms with Crippen LogP contribution < -0.4 is 0 Å². The molecule has 0 aromatic carbocycles. The average Bonchev–Trinajstić information content (AvgIpc) is 2.09. The van der Waals surface area contributed by atoms with Crippen LogP contribution in [0.2, 0.25) is 0 Å². The van der Waals surface area contributed by atoms with Gasteiger partial charge in [0, 0.05) is 11.1 Å². The van der Waals surface area contributed by atoms with Gasteiger partial charge in [0.05, 0.1) is 6.08 Å². The van der Waals surface area contributed by atoms with E-state index < -0.39 is 0 Å². The maximum atomic E-state index is 11.3. The second-order valence-corrected chi connectivity index (χ2v) is 2.88. The van der Waals surface area contributed by atoms with Gasteiger partial charge < -0.3 is 0 Å². The third kappa shape index (κ3) is 1.80. The summed E-state index contributed by atoms with van der Waals surface area (Å²) in [5, 5.41) is 0. The van der Waals surface area contributed by atoms with Gasteiger partial charge in [0.1, 0.15) is 0 Å². The molecule has 1 rings (SSSR count). The van der Waals surface area contributed by atoms with Gasteiger partial charge in [-0.1, -0.05) is 0 Å². The highest BCUT2D eigenvalue weighted by Gasteiger charge is 2.27. The van der Waals surface area contributed by atoms with Crippen molar-refractivity contribution >= 4 is 17.3 Å². The fraction of sp³-hybridized carbons (Fsp3) is 0.300. The third-order valence-electron chi connectivity index (χ3n) is 1.87. The van der Waals surface area contributed by atoms with Crippen LogP contribution in [0.5, 0.6) is 0 Å². The molecule has 0 heterocycles. The Balaban J connectivity index is 3.18. The molecule has 0 fully saturated rings. The van der Waals surface area contributed by atoms with E-state index in [9.17, 15) is 9.59 Å². The summed E-state index contributed by atoms with van der Waals surface area (Å²) in [5.74, 6) is -0.000833. The Kier molecular flexibility index (Phi) is 2.56. The van der Waals surface area contributed by atoms with Crippen LogP contribution in [0.25, 0.3) is 0 Å². The Hall–Kier alpha value is -1.51. The van der Waals surface area contributed by atoms with Crippen LogP contribution in [-0.4, -0.2) is 24.5 Å². The molecule has 0 aliphatic heterocycles. The molecular formula is C10H11O3+. The monoisotopic (exact) mass is 179 g/mol. The van der Waals surface area contributed by atoms with Crippen LogP contribution in [0.3, 0.4) is 0 Å². The van der Waals surface area contributed by atoms with Gasteiger partial charge in [-0.25, -0.2) is 0 Å². The summed E-state index contributed by atoms with van der Waals surface area (Å²) in [5.41, 5.74) is 1.04. The lowest BCUT2D eigenvalue weighted by atomic mass is 9.96. The number of hydrogen-bond donors (Lipinski definition) is 0. The van der Waals surface area contributed by atoms with Crippen molar-refractivity contribution in [3.63, 3.8) is 0 Å². The topological polar surface area (TPSA) is 45.4 Å². The van der Waals surface area contributed by atoms with E-state index in [-0.39, 0.29) is 17.3 Å². The van der Waals surface area contributed by atoms with Crippen molar-refractivity contribution in [2.24, 2.45) is 0 Å². The average molecular weight is 179 g/mol. The lowest BCUT2D eigenvalue weighted by Crippen LogP contribution is -2.20. The summed E-state index contributed by atoms with van der Waals surface area (Å²) in [6.07, 6.45) is 3.05. The SMILES string of the molecule is C[O+]=C1C=C(C(C)=O)C=C(C)C1=O. The Morgan fingerprint density at radius 3 is 2.46 bits per heavy atom. The number of allylic oxidation sites excluding steroid dienone is 4. The number of carbonyl (C=O) groups excluding carboxylic acids is 3. The fourth-order valence-electron chi connectivity index (χ4n) is 1.10. The summed E-state index contributed by atoms with van der Waals surface area (Å²) >= 11 is 0. The van der Waals surface area contributed by atoms with E-state index in [0.717, 1.165) is 0 Å². The van der Waals surface area contributed by atoms with E-state index in [0.29, 0.717) is 11.1 Å². The predicted octanol–water partition coefficient (Wildman–Crippen LogP) is 0.765. The quantitative estimate of drug-likeness (QED) is 0.339. The summed E-state index contributed by atoms with van der Waals surface area (Å²) in [7, 11) is 1.42. The number of rotatable bonds is 1. The second-order valence-electron chi connectivity index (χ2n) is 2.88. The number of ketones is 3. The largest absolute Gasteiger partial charge is 0.390 e. The molecule has 0 unspecified atom stereocenters. The number of Topliss-reactive ketones (excluding diaryl/α,β-unsaturated/α-hetero) is 2. The number of hydrogen-bond acceptors (Lipinski definition) is 2. The minimum Gasteiger partial charge on any atom is -0.295 e. The van der Waals surface area contributed by atoms with Gasteiger partial charge in [0.2, 0.25) is 0 Å². The molecule has 0 aromatic rings. The summed E-state index contributed by atoms with van der Waals surface area (Å²) in [6, 6.07) is 0.